The summed E-state index contributed by atoms with van der Waals surface area (Å²) in [5.74, 6) is 0.0357. The third-order valence-corrected chi connectivity index (χ3v) is 3.61. The Kier molecular flexibility index (Phi) is 4.32. The number of amides is 1. The van der Waals surface area contributed by atoms with Crippen LogP contribution >= 0.6 is 15.9 Å². The molecule has 0 aliphatic carbocycles. The van der Waals surface area contributed by atoms with E-state index < -0.39 is 5.60 Å². The Labute approximate surface area is 121 Å². The highest BCUT2D eigenvalue weighted by Gasteiger charge is 2.25. The number of H-pyrrole nitrogens is 1. The van der Waals surface area contributed by atoms with Crippen LogP contribution in [0.1, 0.15) is 24.3 Å². The summed E-state index contributed by atoms with van der Waals surface area (Å²) in [6, 6.07) is 1.80. The van der Waals surface area contributed by atoms with E-state index in [0.29, 0.717) is 25.3 Å². The first-order valence-electron chi connectivity index (χ1n) is 6.43. The number of hydrogen-bond acceptors (Lipinski definition) is 3. The molecule has 0 bridgehead atoms. The smallest absolute Gasteiger partial charge is 0.270 e. The normalized spacial score (nSPS) is 17.8. The summed E-state index contributed by atoms with van der Waals surface area (Å²) in [5.41, 5.74) is -0.0703. The van der Waals surface area contributed by atoms with Crippen LogP contribution in [0.25, 0.3) is 0 Å². The molecule has 1 aliphatic rings. The van der Waals surface area contributed by atoms with Crippen LogP contribution in [0.15, 0.2) is 16.7 Å². The number of nitrogens with zero attached hydrogens (tertiary/aromatic N) is 2. The van der Waals surface area contributed by atoms with Gasteiger partial charge in [-0.05, 0) is 35.8 Å². The van der Waals surface area contributed by atoms with E-state index in [2.05, 4.69) is 25.8 Å². The van der Waals surface area contributed by atoms with E-state index in [9.17, 15) is 9.90 Å². The second-order valence-electron chi connectivity index (χ2n) is 5.61. The van der Waals surface area contributed by atoms with E-state index in [0.717, 1.165) is 17.6 Å². The molecule has 1 saturated heterocycles. The molecule has 1 aromatic heterocycles. The molecule has 0 atom stereocenters. The number of β-amino-alcohol motifs (C(OH)–C–C–N with tert-alkyl or cyclic N) is 1. The lowest BCUT2D eigenvalue weighted by atomic mass is 10.1. The number of hydrogen-bond donors (Lipinski definition) is 2. The fourth-order valence-corrected chi connectivity index (χ4v) is 2.66. The zero-order chi connectivity index (χ0) is 14.0. The van der Waals surface area contributed by atoms with Crippen molar-refractivity contribution in [1.29, 1.82) is 0 Å². The predicted octanol–water partition coefficient (Wildman–Crippen LogP) is 1.31. The summed E-state index contributed by atoms with van der Waals surface area (Å²) >= 11 is 3.33. The van der Waals surface area contributed by atoms with Gasteiger partial charge in [0, 0.05) is 43.4 Å². The molecule has 1 amide bonds. The molecule has 2 N–H and O–H groups in total. The molecule has 2 heterocycles. The van der Waals surface area contributed by atoms with Gasteiger partial charge in [-0.3, -0.25) is 9.69 Å². The molecule has 2 rings (SSSR count). The standard InChI is InChI=1S/C13H20BrN3O2/c1-13(2,19)9-16-3-5-17(6-4-16)12(18)11-7-10(14)8-15-11/h7-8,15,19H,3-6,9H2,1-2H3. The number of aromatic amines is 1. The summed E-state index contributed by atoms with van der Waals surface area (Å²) in [7, 11) is 0. The number of halogens is 1. The summed E-state index contributed by atoms with van der Waals surface area (Å²) in [6.45, 7) is 7.26. The van der Waals surface area contributed by atoms with Gasteiger partial charge in [0.15, 0.2) is 0 Å². The number of nitrogens with one attached hydrogen (secondary N) is 1. The van der Waals surface area contributed by atoms with Crippen molar-refractivity contribution in [3.8, 4) is 0 Å². The second-order valence-corrected chi connectivity index (χ2v) is 6.53. The zero-order valence-corrected chi connectivity index (χ0v) is 12.9. The lowest BCUT2D eigenvalue weighted by molar-refractivity contribution is 0.0177. The molecule has 5 nitrogen and oxygen atoms in total. The molecule has 6 heteroatoms. The third kappa shape index (κ3) is 4.06. The molecular formula is C13H20BrN3O2. The maximum atomic E-state index is 12.2. The van der Waals surface area contributed by atoms with Crippen molar-refractivity contribution in [2.45, 2.75) is 19.4 Å². The number of carbonyl (C=O) groups is 1. The summed E-state index contributed by atoms with van der Waals surface area (Å²) in [6.07, 6.45) is 1.76. The maximum absolute atomic E-state index is 12.2. The molecule has 0 spiro atoms. The SMILES string of the molecule is CC(C)(O)CN1CCN(C(=O)c2cc(Br)c[nH]2)CC1. The first kappa shape index (κ1) is 14.6. The Morgan fingerprint density at radius 2 is 2.05 bits per heavy atom. The summed E-state index contributed by atoms with van der Waals surface area (Å²) in [4.78, 5) is 19.2. The van der Waals surface area contributed by atoms with Crippen LogP contribution in [0, 0.1) is 0 Å². The highest BCUT2D eigenvalue weighted by atomic mass is 79.9. The van der Waals surface area contributed by atoms with E-state index in [1.165, 1.54) is 0 Å². The predicted molar refractivity (Wildman–Crippen MR) is 77.1 cm³/mol. The van der Waals surface area contributed by atoms with E-state index in [1.807, 2.05) is 4.90 Å². The molecule has 0 aromatic carbocycles. The highest BCUT2D eigenvalue weighted by Crippen LogP contribution is 2.14. The molecule has 0 unspecified atom stereocenters. The summed E-state index contributed by atoms with van der Waals surface area (Å²) in [5, 5.41) is 9.79. The van der Waals surface area contributed by atoms with Crippen molar-refractivity contribution in [3.63, 3.8) is 0 Å². The largest absolute Gasteiger partial charge is 0.389 e. The third-order valence-electron chi connectivity index (χ3n) is 3.15. The minimum atomic E-state index is -0.684. The number of piperazine rings is 1. The van der Waals surface area contributed by atoms with Gasteiger partial charge in [0.25, 0.3) is 5.91 Å². The number of aromatic nitrogens is 1. The number of carbonyl (C=O) groups excluding carboxylic acids is 1. The average Bonchev–Trinajstić information content (AvgIpc) is 2.74. The van der Waals surface area contributed by atoms with Crippen molar-refractivity contribution in [2.24, 2.45) is 0 Å². The van der Waals surface area contributed by atoms with Gasteiger partial charge in [0.1, 0.15) is 5.69 Å². The van der Waals surface area contributed by atoms with Gasteiger partial charge in [-0.25, -0.2) is 0 Å². The molecule has 1 aromatic rings. The van der Waals surface area contributed by atoms with Crippen molar-refractivity contribution >= 4 is 21.8 Å². The maximum Gasteiger partial charge on any atom is 0.270 e. The Morgan fingerprint density at radius 3 is 2.53 bits per heavy atom. The quantitative estimate of drug-likeness (QED) is 0.878. The average molecular weight is 330 g/mol. The Morgan fingerprint density at radius 1 is 1.42 bits per heavy atom. The lowest BCUT2D eigenvalue weighted by Gasteiger charge is -2.37. The molecular weight excluding hydrogens is 310 g/mol. The van der Waals surface area contributed by atoms with Crippen LogP contribution in [0.4, 0.5) is 0 Å². The van der Waals surface area contributed by atoms with Gasteiger partial charge < -0.3 is 15.0 Å². The fraction of sp³-hybridized carbons (Fsp3) is 0.615. The van der Waals surface area contributed by atoms with Crippen molar-refractivity contribution < 1.29 is 9.90 Å². The van der Waals surface area contributed by atoms with Gasteiger partial charge >= 0.3 is 0 Å². The van der Waals surface area contributed by atoms with E-state index in [4.69, 9.17) is 0 Å². The first-order chi connectivity index (χ1) is 8.85. The van der Waals surface area contributed by atoms with E-state index in [1.54, 1.807) is 26.1 Å². The molecule has 106 valence electrons. The number of aliphatic hydroxyl groups is 1. The molecule has 0 radical (unpaired) electrons. The van der Waals surface area contributed by atoms with Gasteiger partial charge in [-0.15, -0.1) is 0 Å². The molecule has 19 heavy (non-hydrogen) atoms. The summed E-state index contributed by atoms with van der Waals surface area (Å²) < 4.78 is 0.886. The second kappa shape index (κ2) is 5.64. The van der Waals surface area contributed by atoms with Crippen LogP contribution in [0.2, 0.25) is 0 Å². The monoisotopic (exact) mass is 329 g/mol. The van der Waals surface area contributed by atoms with Crippen LogP contribution < -0.4 is 0 Å². The Bertz CT molecular complexity index is 445. The van der Waals surface area contributed by atoms with E-state index in [-0.39, 0.29) is 5.91 Å². The zero-order valence-electron chi connectivity index (χ0n) is 11.3. The van der Waals surface area contributed by atoms with Crippen molar-refractivity contribution in [3.05, 3.63) is 22.4 Å². The van der Waals surface area contributed by atoms with Crippen LogP contribution in [0.5, 0.6) is 0 Å². The topological polar surface area (TPSA) is 59.6 Å². The van der Waals surface area contributed by atoms with Crippen LogP contribution in [-0.2, 0) is 0 Å². The van der Waals surface area contributed by atoms with Crippen LogP contribution in [0.3, 0.4) is 0 Å². The van der Waals surface area contributed by atoms with Gasteiger partial charge in [-0.1, -0.05) is 0 Å². The Balaban J connectivity index is 1.88. The fourth-order valence-electron chi connectivity index (χ4n) is 2.32. The lowest BCUT2D eigenvalue weighted by Crippen LogP contribution is -2.52. The minimum absolute atomic E-state index is 0.0357. The van der Waals surface area contributed by atoms with Gasteiger partial charge in [0.05, 0.1) is 5.60 Å². The molecule has 1 fully saturated rings. The minimum Gasteiger partial charge on any atom is -0.389 e. The van der Waals surface area contributed by atoms with Gasteiger partial charge in [-0.2, -0.15) is 0 Å². The molecule has 0 saturated carbocycles. The highest BCUT2D eigenvalue weighted by molar-refractivity contribution is 9.10. The van der Waals surface area contributed by atoms with Crippen molar-refractivity contribution in [2.75, 3.05) is 32.7 Å². The van der Waals surface area contributed by atoms with E-state index >= 15 is 0 Å². The van der Waals surface area contributed by atoms with Gasteiger partial charge in [0.2, 0.25) is 0 Å². The van der Waals surface area contributed by atoms with Crippen molar-refractivity contribution in [1.82, 2.24) is 14.8 Å². The first-order valence-corrected chi connectivity index (χ1v) is 7.22. The number of rotatable bonds is 3. The van der Waals surface area contributed by atoms with Crippen LogP contribution in [-0.4, -0.2) is 64.1 Å². The molecule has 1 aliphatic heterocycles. The Hall–Kier alpha value is -0.850.